The van der Waals surface area contributed by atoms with E-state index in [1.165, 1.54) is 24.1 Å². The molecule has 2 unspecified atom stereocenters. The van der Waals surface area contributed by atoms with Gasteiger partial charge in [-0.2, -0.15) is 0 Å². The van der Waals surface area contributed by atoms with Crippen molar-refractivity contribution in [3.8, 4) is 5.75 Å². The highest BCUT2D eigenvalue weighted by Gasteiger charge is 2.42. The summed E-state index contributed by atoms with van der Waals surface area (Å²) in [5, 5.41) is 15.9. The van der Waals surface area contributed by atoms with E-state index in [0.29, 0.717) is 0 Å². The molecule has 0 saturated carbocycles. The fourth-order valence-corrected chi connectivity index (χ4v) is 3.96. The Morgan fingerprint density at radius 3 is 2.05 bits per heavy atom. The van der Waals surface area contributed by atoms with Crippen LogP contribution in [0, 0.1) is 0 Å². The number of benzene rings is 2. The summed E-state index contributed by atoms with van der Waals surface area (Å²) in [7, 11) is 1.19. The van der Waals surface area contributed by atoms with Crippen molar-refractivity contribution >= 4 is 23.9 Å². The lowest BCUT2D eigenvalue weighted by atomic mass is 9.93. The Balaban J connectivity index is 2.60. The maximum atomic E-state index is 14.3. The number of hydrogen-bond donors (Lipinski definition) is 3. The van der Waals surface area contributed by atoms with Crippen LogP contribution in [0.5, 0.6) is 5.75 Å². The normalized spacial score (nSPS) is 13.0. The van der Waals surface area contributed by atoms with Gasteiger partial charge < -0.3 is 30.1 Å². The molecule has 3 amide bonds. The first kappa shape index (κ1) is 31.1. The number of carbonyl (C=O) groups is 4. The highest BCUT2D eigenvalue weighted by molar-refractivity contribution is 5.94. The molecule has 0 aromatic heterocycles. The second kappa shape index (κ2) is 13.1. The first-order valence-corrected chi connectivity index (χ1v) is 12.6. The molecule has 0 saturated heterocycles. The Morgan fingerprint density at radius 1 is 0.923 bits per heavy atom. The molecule has 0 heterocycles. The van der Waals surface area contributed by atoms with Gasteiger partial charge in [-0.25, -0.2) is 4.79 Å². The van der Waals surface area contributed by atoms with Crippen LogP contribution in [0.3, 0.4) is 0 Å². The van der Waals surface area contributed by atoms with E-state index in [1.54, 1.807) is 53.7 Å². The molecule has 10 nitrogen and oxygen atoms in total. The van der Waals surface area contributed by atoms with Crippen molar-refractivity contribution in [1.29, 1.82) is 0 Å². The summed E-state index contributed by atoms with van der Waals surface area (Å²) in [5.74, 6) is -2.18. The Labute approximate surface area is 229 Å². The molecular weight excluding hydrogens is 502 g/mol. The predicted octanol–water partition coefficient (Wildman–Crippen LogP) is 3.49. The minimum atomic E-state index is -1.35. The average molecular weight is 542 g/mol. The summed E-state index contributed by atoms with van der Waals surface area (Å²) in [4.78, 5) is 53.8. The molecule has 10 heteroatoms. The third-order valence-electron chi connectivity index (χ3n) is 5.60. The van der Waals surface area contributed by atoms with Crippen molar-refractivity contribution in [3.63, 3.8) is 0 Å². The Morgan fingerprint density at radius 2 is 1.51 bits per heavy atom. The quantitative estimate of drug-likeness (QED) is 0.414. The van der Waals surface area contributed by atoms with Gasteiger partial charge in [-0.05, 0) is 53.2 Å². The maximum Gasteiger partial charge on any atom is 0.408 e. The Kier molecular flexibility index (Phi) is 10.5. The minimum absolute atomic E-state index is 0.114. The van der Waals surface area contributed by atoms with E-state index in [4.69, 9.17) is 4.74 Å². The summed E-state index contributed by atoms with van der Waals surface area (Å²) >= 11 is 0. The molecule has 0 radical (unpaired) electrons. The SMILES string of the molecule is COC(=O)CNC(=O)C(c1ccccc1O)N(C(=O)C(Cc1ccccc1)NC(=O)OC(C)(C)C)C(C)(C)C. The van der Waals surface area contributed by atoms with Crippen molar-refractivity contribution in [2.75, 3.05) is 13.7 Å². The number of para-hydroxylation sites is 1. The van der Waals surface area contributed by atoms with Crippen LogP contribution in [0.25, 0.3) is 0 Å². The molecule has 212 valence electrons. The van der Waals surface area contributed by atoms with Gasteiger partial charge in [-0.3, -0.25) is 14.4 Å². The minimum Gasteiger partial charge on any atom is -0.508 e. The van der Waals surface area contributed by atoms with Crippen molar-refractivity contribution < 1.29 is 33.8 Å². The van der Waals surface area contributed by atoms with Crippen molar-refractivity contribution in [1.82, 2.24) is 15.5 Å². The number of nitrogens with zero attached hydrogens (tertiary/aromatic N) is 1. The van der Waals surface area contributed by atoms with Crippen LogP contribution in [0.15, 0.2) is 54.6 Å². The van der Waals surface area contributed by atoms with Crippen molar-refractivity contribution in [2.45, 2.75) is 71.2 Å². The zero-order valence-corrected chi connectivity index (χ0v) is 23.6. The molecule has 3 N–H and O–H groups in total. The van der Waals surface area contributed by atoms with E-state index in [-0.39, 0.29) is 17.7 Å². The highest BCUT2D eigenvalue weighted by atomic mass is 16.6. The third-order valence-corrected chi connectivity index (χ3v) is 5.60. The van der Waals surface area contributed by atoms with Crippen LogP contribution >= 0.6 is 0 Å². The predicted molar refractivity (Wildman–Crippen MR) is 146 cm³/mol. The van der Waals surface area contributed by atoms with Crippen LogP contribution in [0.4, 0.5) is 4.79 Å². The van der Waals surface area contributed by atoms with Crippen LogP contribution in [-0.2, 0) is 30.3 Å². The summed E-state index contributed by atoms with van der Waals surface area (Å²) in [6, 6.07) is 12.8. The Bertz CT molecular complexity index is 1150. The van der Waals surface area contributed by atoms with Gasteiger partial charge in [0, 0.05) is 17.5 Å². The molecule has 2 aromatic rings. The second-order valence-electron chi connectivity index (χ2n) is 11.0. The van der Waals surface area contributed by atoms with Gasteiger partial charge in [0.05, 0.1) is 7.11 Å². The molecule has 0 bridgehead atoms. The zero-order chi connectivity index (χ0) is 29.4. The fourth-order valence-electron chi connectivity index (χ4n) is 3.96. The number of phenolic OH excluding ortho intramolecular Hbond substituents is 1. The van der Waals surface area contributed by atoms with Crippen LogP contribution in [0.2, 0.25) is 0 Å². The number of methoxy groups -OCH3 is 1. The zero-order valence-electron chi connectivity index (χ0n) is 23.6. The summed E-state index contributed by atoms with van der Waals surface area (Å²) < 4.78 is 10.0. The van der Waals surface area contributed by atoms with E-state index in [1.807, 2.05) is 30.3 Å². The Hall–Kier alpha value is -4.08. The maximum absolute atomic E-state index is 14.3. The van der Waals surface area contributed by atoms with Crippen LogP contribution in [-0.4, -0.2) is 64.7 Å². The number of aromatic hydroxyl groups is 1. The van der Waals surface area contributed by atoms with Gasteiger partial charge in [-0.1, -0.05) is 48.5 Å². The smallest absolute Gasteiger partial charge is 0.408 e. The molecule has 2 rings (SSSR count). The molecule has 2 aromatic carbocycles. The lowest BCUT2D eigenvalue weighted by Crippen LogP contribution is -2.59. The molecule has 0 spiro atoms. The van der Waals surface area contributed by atoms with Crippen molar-refractivity contribution in [3.05, 3.63) is 65.7 Å². The van der Waals surface area contributed by atoms with E-state index in [2.05, 4.69) is 15.4 Å². The number of rotatable bonds is 9. The lowest BCUT2D eigenvalue weighted by Gasteiger charge is -2.43. The third kappa shape index (κ3) is 9.31. The highest BCUT2D eigenvalue weighted by Crippen LogP contribution is 2.34. The van der Waals surface area contributed by atoms with Gasteiger partial charge in [0.2, 0.25) is 11.8 Å². The number of esters is 1. The van der Waals surface area contributed by atoms with Gasteiger partial charge in [0.15, 0.2) is 0 Å². The standard InChI is InChI=1S/C29H39N3O7/c1-28(2,3)32(24(20-15-11-12-16-22(20)33)25(35)30-18-23(34)38-7)26(36)21(17-19-13-9-8-10-14-19)31-27(37)39-29(4,5)6/h8-16,21,24,33H,17-18H2,1-7H3,(H,30,35)(H,31,37). The first-order valence-electron chi connectivity index (χ1n) is 12.6. The largest absolute Gasteiger partial charge is 0.508 e. The number of nitrogens with one attached hydrogen (secondary N) is 2. The van der Waals surface area contributed by atoms with Gasteiger partial charge >= 0.3 is 12.1 Å². The number of carbonyl (C=O) groups excluding carboxylic acids is 4. The van der Waals surface area contributed by atoms with Crippen molar-refractivity contribution in [2.24, 2.45) is 0 Å². The average Bonchev–Trinajstić information content (AvgIpc) is 2.84. The monoisotopic (exact) mass is 541 g/mol. The van der Waals surface area contributed by atoms with E-state index in [0.717, 1.165) is 5.56 Å². The molecule has 0 aliphatic heterocycles. The van der Waals surface area contributed by atoms with Crippen LogP contribution < -0.4 is 10.6 Å². The lowest BCUT2D eigenvalue weighted by molar-refractivity contribution is -0.149. The number of hydrogen-bond acceptors (Lipinski definition) is 7. The number of alkyl carbamates (subject to hydrolysis) is 1. The number of phenols is 1. The topological polar surface area (TPSA) is 134 Å². The van der Waals surface area contributed by atoms with E-state index >= 15 is 0 Å². The van der Waals surface area contributed by atoms with E-state index in [9.17, 15) is 24.3 Å². The number of amides is 3. The van der Waals surface area contributed by atoms with Gasteiger partial charge in [-0.15, -0.1) is 0 Å². The second-order valence-corrected chi connectivity index (χ2v) is 11.0. The molecule has 0 aliphatic carbocycles. The molecule has 2 atom stereocenters. The van der Waals surface area contributed by atoms with E-state index < -0.39 is 53.6 Å². The summed E-state index contributed by atoms with van der Waals surface area (Å²) in [6.07, 6.45) is -0.678. The molecule has 39 heavy (non-hydrogen) atoms. The summed E-state index contributed by atoms with van der Waals surface area (Å²) in [5.41, 5.74) is -0.855. The molecular formula is C29H39N3O7. The van der Waals surface area contributed by atoms with Gasteiger partial charge in [0.1, 0.15) is 30.0 Å². The fraction of sp³-hybridized carbons (Fsp3) is 0.448. The molecule has 0 fully saturated rings. The summed E-state index contributed by atoms with van der Waals surface area (Å²) in [6.45, 7) is 9.90. The molecule has 0 aliphatic rings. The van der Waals surface area contributed by atoms with Gasteiger partial charge in [0.25, 0.3) is 0 Å². The van der Waals surface area contributed by atoms with Crippen LogP contribution in [0.1, 0.15) is 58.7 Å². The first-order chi connectivity index (χ1) is 18.1. The number of ether oxygens (including phenoxy) is 2.